The molecule has 0 spiro atoms. The maximum Gasteiger partial charge on any atom is 0.453 e. The summed E-state index contributed by atoms with van der Waals surface area (Å²) >= 11 is 0. The van der Waals surface area contributed by atoms with Crippen molar-refractivity contribution in [1.29, 1.82) is 0 Å². The molecule has 0 bridgehead atoms. The quantitative estimate of drug-likeness (QED) is 0.819. The Balaban J connectivity index is 2.65. The van der Waals surface area contributed by atoms with E-state index in [1.807, 2.05) is 0 Å². The van der Waals surface area contributed by atoms with Crippen molar-refractivity contribution in [3.05, 3.63) is 29.5 Å². The number of benzene rings is 1. The molecule has 3 nitrogen and oxygen atoms in total. The van der Waals surface area contributed by atoms with Gasteiger partial charge in [-0.3, -0.25) is 0 Å². The first kappa shape index (κ1) is 10.9. The summed E-state index contributed by atoms with van der Waals surface area (Å²) in [6.45, 7) is 1.70. The first-order chi connectivity index (χ1) is 7.39. The topological polar surface area (TPSA) is 52.0 Å². The molecular formula is C10H9F3N2O. The zero-order chi connectivity index (χ0) is 11.9. The molecule has 86 valence electrons. The summed E-state index contributed by atoms with van der Waals surface area (Å²) in [5, 5.41) is 3.30. The monoisotopic (exact) mass is 230 g/mol. The van der Waals surface area contributed by atoms with Gasteiger partial charge >= 0.3 is 6.18 Å². The minimum Gasteiger partial charge on any atom is -0.350 e. The summed E-state index contributed by atoms with van der Waals surface area (Å²) in [6.07, 6.45) is -4.54. The molecule has 0 amide bonds. The Morgan fingerprint density at radius 2 is 2.06 bits per heavy atom. The molecular weight excluding hydrogens is 221 g/mol. The molecule has 0 aliphatic carbocycles. The average Bonchev–Trinajstić information content (AvgIpc) is 2.58. The van der Waals surface area contributed by atoms with Gasteiger partial charge in [0.25, 0.3) is 0 Å². The van der Waals surface area contributed by atoms with E-state index in [0.717, 1.165) is 0 Å². The van der Waals surface area contributed by atoms with Gasteiger partial charge in [0.15, 0.2) is 0 Å². The number of rotatable bonds is 1. The van der Waals surface area contributed by atoms with Gasteiger partial charge in [-0.15, -0.1) is 0 Å². The van der Waals surface area contributed by atoms with E-state index in [1.165, 1.54) is 12.1 Å². The predicted molar refractivity (Wildman–Crippen MR) is 51.6 cm³/mol. The fourth-order valence-electron chi connectivity index (χ4n) is 1.45. The zero-order valence-electron chi connectivity index (χ0n) is 8.38. The van der Waals surface area contributed by atoms with Gasteiger partial charge in [-0.1, -0.05) is 11.2 Å². The molecule has 2 N–H and O–H groups in total. The smallest absolute Gasteiger partial charge is 0.350 e. The third-order valence-corrected chi connectivity index (χ3v) is 2.28. The van der Waals surface area contributed by atoms with Crippen LogP contribution in [0, 0.1) is 0 Å². The molecule has 0 radical (unpaired) electrons. The van der Waals surface area contributed by atoms with Crippen molar-refractivity contribution >= 4 is 10.9 Å². The van der Waals surface area contributed by atoms with Crippen LogP contribution < -0.4 is 5.73 Å². The Hall–Kier alpha value is -1.56. The van der Waals surface area contributed by atoms with Gasteiger partial charge in [0, 0.05) is 6.04 Å². The fraction of sp³-hybridized carbons (Fsp3) is 0.300. The molecule has 1 aromatic heterocycles. The van der Waals surface area contributed by atoms with Crippen molar-refractivity contribution in [3.63, 3.8) is 0 Å². The van der Waals surface area contributed by atoms with Crippen LogP contribution in [0.1, 0.15) is 24.3 Å². The highest BCUT2D eigenvalue weighted by molar-refractivity contribution is 5.81. The van der Waals surface area contributed by atoms with Crippen molar-refractivity contribution in [2.75, 3.05) is 0 Å². The van der Waals surface area contributed by atoms with Crippen LogP contribution in [0.3, 0.4) is 0 Å². The minimum absolute atomic E-state index is 0.0534. The Morgan fingerprint density at radius 3 is 2.62 bits per heavy atom. The van der Waals surface area contributed by atoms with Crippen molar-refractivity contribution in [3.8, 4) is 0 Å². The highest BCUT2D eigenvalue weighted by Crippen LogP contribution is 2.35. The number of fused-ring (bicyclic) bond motifs is 1. The van der Waals surface area contributed by atoms with E-state index in [-0.39, 0.29) is 16.9 Å². The average molecular weight is 230 g/mol. The fourth-order valence-corrected chi connectivity index (χ4v) is 1.45. The van der Waals surface area contributed by atoms with Crippen LogP contribution in [0.25, 0.3) is 10.9 Å². The number of nitrogens with two attached hydrogens (primary N) is 1. The van der Waals surface area contributed by atoms with E-state index in [0.29, 0.717) is 5.56 Å². The largest absolute Gasteiger partial charge is 0.453 e. The molecule has 1 unspecified atom stereocenters. The van der Waals surface area contributed by atoms with Crippen LogP contribution in [0.15, 0.2) is 22.7 Å². The lowest BCUT2D eigenvalue weighted by Gasteiger charge is -2.05. The van der Waals surface area contributed by atoms with E-state index in [2.05, 4.69) is 9.68 Å². The summed E-state index contributed by atoms with van der Waals surface area (Å²) in [5.74, 6) is -1.08. The first-order valence-corrected chi connectivity index (χ1v) is 4.61. The van der Waals surface area contributed by atoms with Gasteiger partial charge in [-0.05, 0) is 24.6 Å². The molecule has 0 aliphatic rings. The highest BCUT2D eigenvalue weighted by Gasteiger charge is 2.38. The molecule has 0 saturated heterocycles. The molecule has 16 heavy (non-hydrogen) atoms. The highest BCUT2D eigenvalue weighted by atomic mass is 19.4. The van der Waals surface area contributed by atoms with E-state index in [4.69, 9.17) is 5.73 Å². The summed E-state index contributed by atoms with van der Waals surface area (Å²) < 4.78 is 41.9. The Kier molecular flexibility index (Phi) is 2.38. The van der Waals surface area contributed by atoms with Gasteiger partial charge in [-0.25, -0.2) is 0 Å². The van der Waals surface area contributed by atoms with Crippen LogP contribution in [0.2, 0.25) is 0 Å². The second-order valence-corrected chi connectivity index (χ2v) is 3.57. The third kappa shape index (κ3) is 1.76. The van der Waals surface area contributed by atoms with Crippen molar-refractivity contribution < 1.29 is 17.7 Å². The second-order valence-electron chi connectivity index (χ2n) is 3.57. The van der Waals surface area contributed by atoms with Crippen molar-refractivity contribution in [2.24, 2.45) is 5.73 Å². The maximum atomic E-state index is 12.5. The van der Waals surface area contributed by atoms with E-state index >= 15 is 0 Å². The zero-order valence-corrected chi connectivity index (χ0v) is 8.38. The molecule has 6 heteroatoms. The van der Waals surface area contributed by atoms with E-state index in [1.54, 1.807) is 13.0 Å². The van der Waals surface area contributed by atoms with Crippen molar-refractivity contribution in [1.82, 2.24) is 5.16 Å². The molecule has 2 rings (SSSR count). The standard InChI is InChI=1S/C10H9F3N2O/c1-5(14)6-2-3-8-7(4-6)9(16-15-8)10(11,12)13/h2-5H,14H2,1H3. The minimum atomic E-state index is -4.54. The molecule has 1 atom stereocenters. The molecule has 0 aliphatic heterocycles. The summed E-state index contributed by atoms with van der Waals surface area (Å²) in [7, 11) is 0. The molecule has 1 aromatic carbocycles. The van der Waals surface area contributed by atoms with Gasteiger partial charge < -0.3 is 10.3 Å². The maximum absolute atomic E-state index is 12.5. The van der Waals surface area contributed by atoms with Gasteiger partial charge in [-0.2, -0.15) is 13.2 Å². The van der Waals surface area contributed by atoms with Gasteiger partial charge in [0.2, 0.25) is 5.76 Å². The Morgan fingerprint density at radius 1 is 1.38 bits per heavy atom. The van der Waals surface area contributed by atoms with Crippen LogP contribution in [-0.4, -0.2) is 5.16 Å². The number of halogens is 3. The Bertz CT molecular complexity index is 516. The van der Waals surface area contributed by atoms with Gasteiger partial charge in [0.1, 0.15) is 5.52 Å². The van der Waals surface area contributed by atoms with Crippen LogP contribution in [0.4, 0.5) is 13.2 Å². The number of nitrogens with zero attached hydrogens (tertiary/aromatic N) is 1. The Labute approximate surface area is 89.0 Å². The summed E-state index contributed by atoms with van der Waals surface area (Å²) in [4.78, 5) is 0. The van der Waals surface area contributed by atoms with Crippen LogP contribution in [0.5, 0.6) is 0 Å². The van der Waals surface area contributed by atoms with Crippen LogP contribution in [-0.2, 0) is 6.18 Å². The lowest BCUT2D eigenvalue weighted by molar-refractivity contribution is -0.154. The molecule has 1 heterocycles. The SMILES string of the molecule is CC(N)c1ccc2noc(C(F)(F)F)c2c1. The molecule has 0 fully saturated rings. The summed E-state index contributed by atoms with van der Waals surface area (Å²) in [6, 6.07) is 4.13. The lowest BCUT2D eigenvalue weighted by Crippen LogP contribution is -2.06. The number of alkyl halides is 3. The van der Waals surface area contributed by atoms with E-state index in [9.17, 15) is 13.2 Å². The van der Waals surface area contributed by atoms with Crippen molar-refractivity contribution in [2.45, 2.75) is 19.1 Å². The molecule has 0 saturated carbocycles. The second kappa shape index (κ2) is 3.48. The molecule has 2 aromatic rings. The lowest BCUT2D eigenvalue weighted by atomic mass is 10.1. The van der Waals surface area contributed by atoms with Crippen LogP contribution >= 0.6 is 0 Å². The normalized spacial score (nSPS) is 14.3. The summed E-state index contributed by atoms with van der Waals surface area (Å²) in [5.41, 5.74) is 6.39. The van der Waals surface area contributed by atoms with Gasteiger partial charge in [0.05, 0.1) is 5.39 Å². The first-order valence-electron chi connectivity index (χ1n) is 4.61. The number of aromatic nitrogens is 1. The number of hydrogen-bond donors (Lipinski definition) is 1. The number of hydrogen-bond acceptors (Lipinski definition) is 3. The third-order valence-electron chi connectivity index (χ3n) is 2.28. The predicted octanol–water partition coefficient (Wildman–Crippen LogP) is 2.87. The van der Waals surface area contributed by atoms with E-state index < -0.39 is 11.9 Å².